The second kappa shape index (κ2) is 7.51. The van der Waals surface area contributed by atoms with E-state index in [4.69, 9.17) is 0 Å². The Morgan fingerprint density at radius 3 is 1.96 bits per heavy atom. The van der Waals surface area contributed by atoms with Gasteiger partial charge in [0.15, 0.2) is 0 Å². The van der Waals surface area contributed by atoms with E-state index in [1.165, 1.54) is 36.4 Å². The van der Waals surface area contributed by atoms with Gasteiger partial charge in [0.05, 0.1) is 15.5 Å². The van der Waals surface area contributed by atoms with E-state index in [2.05, 4.69) is 4.40 Å². The van der Waals surface area contributed by atoms with Gasteiger partial charge in [0.1, 0.15) is 0 Å². The van der Waals surface area contributed by atoms with Crippen molar-refractivity contribution in [2.45, 2.75) is 11.8 Å². The summed E-state index contributed by atoms with van der Waals surface area (Å²) in [6.45, 7) is 1.87. The molecule has 7 heteroatoms. The Balaban J connectivity index is 2.14. The van der Waals surface area contributed by atoms with Crippen LogP contribution in [0.25, 0.3) is 0 Å². The predicted octanol–water partition coefficient (Wildman–Crippen LogP) is 4.13. The number of nitrogens with zero attached hydrogens (tertiary/aromatic N) is 2. The maximum absolute atomic E-state index is 12.8. The summed E-state index contributed by atoms with van der Waals surface area (Å²) in [5.41, 5.74) is 2.17. The molecule has 3 aromatic carbocycles. The first-order chi connectivity index (χ1) is 12.9. The molecular weight excluding hydrogens is 364 g/mol. The van der Waals surface area contributed by atoms with Crippen LogP contribution in [-0.2, 0) is 10.0 Å². The maximum atomic E-state index is 12.8. The highest BCUT2D eigenvalue weighted by Gasteiger charge is 2.17. The third-order valence-corrected chi connectivity index (χ3v) is 5.22. The van der Waals surface area contributed by atoms with E-state index in [-0.39, 0.29) is 16.3 Å². The van der Waals surface area contributed by atoms with E-state index in [1.54, 1.807) is 36.4 Å². The monoisotopic (exact) mass is 380 g/mol. The number of nitro benzene ring substituents is 1. The average Bonchev–Trinajstić information content (AvgIpc) is 2.67. The smallest absolute Gasteiger partial charge is 0.258 e. The molecule has 0 radical (unpaired) electrons. The lowest BCUT2D eigenvalue weighted by Gasteiger charge is -2.08. The lowest BCUT2D eigenvalue weighted by atomic mass is 10.0. The standard InChI is InChI=1S/C20H16N2O4S/c1-15-7-13-19(14-8-15)27(25,26)21-20(16-5-3-2-4-6-16)17-9-11-18(12-10-17)22(23)24/h2-14H,1H3/b21-20+. The highest BCUT2D eigenvalue weighted by Crippen LogP contribution is 2.20. The molecule has 0 amide bonds. The number of rotatable bonds is 5. The molecule has 0 aromatic heterocycles. The van der Waals surface area contributed by atoms with Crippen LogP contribution in [0.5, 0.6) is 0 Å². The minimum atomic E-state index is -3.94. The van der Waals surface area contributed by atoms with Gasteiger partial charge < -0.3 is 0 Å². The number of hydrogen-bond donors (Lipinski definition) is 0. The number of benzene rings is 3. The van der Waals surface area contributed by atoms with Gasteiger partial charge in [0.25, 0.3) is 15.7 Å². The Bertz CT molecular complexity index is 1090. The molecule has 0 atom stereocenters. The second-order valence-electron chi connectivity index (χ2n) is 5.90. The zero-order chi connectivity index (χ0) is 19.4. The lowest BCUT2D eigenvalue weighted by molar-refractivity contribution is -0.384. The normalized spacial score (nSPS) is 12.0. The molecule has 0 saturated carbocycles. The van der Waals surface area contributed by atoms with Crippen molar-refractivity contribution in [1.82, 2.24) is 0 Å². The van der Waals surface area contributed by atoms with Crippen LogP contribution in [0, 0.1) is 17.0 Å². The Hall–Kier alpha value is -3.32. The molecule has 0 aliphatic heterocycles. The summed E-state index contributed by atoms with van der Waals surface area (Å²) in [5, 5.41) is 10.9. The third kappa shape index (κ3) is 4.27. The van der Waals surface area contributed by atoms with Crippen molar-refractivity contribution >= 4 is 21.4 Å². The fourth-order valence-corrected chi connectivity index (χ4v) is 3.53. The molecule has 0 bridgehead atoms. The number of aryl methyl sites for hydroxylation is 1. The number of non-ortho nitro benzene ring substituents is 1. The lowest BCUT2D eigenvalue weighted by Crippen LogP contribution is -2.08. The number of hydrogen-bond acceptors (Lipinski definition) is 4. The van der Waals surface area contributed by atoms with Crippen molar-refractivity contribution in [2.75, 3.05) is 0 Å². The maximum Gasteiger partial charge on any atom is 0.282 e. The van der Waals surface area contributed by atoms with Crippen molar-refractivity contribution in [3.63, 3.8) is 0 Å². The SMILES string of the molecule is Cc1ccc(S(=O)(=O)/N=C(\c2ccccc2)c2ccc([N+](=O)[O-])cc2)cc1. The first-order valence-electron chi connectivity index (χ1n) is 8.09. The molecule has 0 aliphatic rings. The Morgan fingerprint density at radius 1 is 0.852 bits per heavy atom. The third-order valence-electron chi connectivity index (χ3n) is 3.93. The van der Waals surface area contributed by atoms with Crippen LogP contribution in [0.2, 0.25) is 0 Å². The first kappa shape index (κ1) is 18.5. The van der Waals surface area contributed by atoms with E-state index < -0.39 is 14.9 Å². The van der Waals surface area contributed by atoms with E-state index in [0.29, 0.717) is 11.1 Å². The summed E-state index contributed by atoms with van der Waals surface area (Å²) >= 11 is 0. The van der Waals surface area contributed by atoms with Gasteiger partial charge in [-0.25, -0.2) is 0 Å². The predicted molar refractivity (Wildman–Crippen MR) is 104 cm³/mol. The molecule has 0 aliphatic carbocycles. The van der Waals surface area contributed by atoms with Crippen LogP contribution in [0.3, 0.4) is 0 Å². The van der Waals surface area contributed by atoms with Crippen molar-refractivity contribution in [2.24, 2.45) is 4.40 Å². The van der Waals surface area contributed by atoms with Crippen molar-refractivity contribution < 1.29 is 13.3 Å². The largest absolute Gasteiger partial charge is 0.282 e. The van der Waals surface area contributed by atoms with E-state index >= 15 is 0 Å². The zero-order valence-corrected chi connectivity index (χ0v) is 15.3. The molecule has 3 aromatic rings. The first-order valence-corrected chi connectivity index (χ1v) is 9.53. The molecule has 0 unspecified atom stereocenters. The minimum absolute atomic E-state index is 0.0763. The molecule has 6 nitrogen and oxygen atoms in total. The van der Waals surface area contributed by atoms with Crippen molar-refractivity contribution in [3.8, 4) is 0 Å². The van der Waals surface area contributed by atoms with Crippen LogP contribution in [0.1, 0.15) is 16.7 Å². The summed E-state index contributed by atoms with van der Waals surface area (Å²) in [6, 6.07) is 20.9. The second-order valence-corrected chi connectivity index (χ2v) is 7.50. The fourth-order valence-electron chi connectivity index (χ4n) is 2.49. The molecular formula is C20H16N2O4S. The zero-order valence-electron chi connectivity index (χ0n) is 14.4. The number of nitro groups is 1. The van der Waals surface area contributed by atoms with Gasteiger partial charge >= 0.3 is 0 Å². The van der Waals surface area contributed by atoms with Crippen LogP contribution < -0.4 is 0 Å². The molecule has 0 fully saturated rings. The fraction of sp³-hybridized carbons (Fsp3) is 0.0500. The van der Waals surface area contributed by atoms with Gasteiger partial charge in [-0.1, -0.05) is 48.0 Å². The highest BCUT2D eigenvalue weighted by molar-refractivity contribution is 7.90. The summed E-state index contributed by atoms with van der Waals surface area (Å²) in [5.74, 6) is 0. The van der Waals surface area contributed by atoms with Crippen LogP contribution in [0.15, 0.2) is 88.2 Å². The van der Waals surface area contributed by atoms with Crippen LogP contribution >= 0.6 is 0 Å². The molecule has 3 rings (SSSR count). The van der Waals surface area contributed by atoms with Crippen LogP contribution in [0.4, 0.5) is 5.69 Å². The molecule has 0 spiro atoms. The quantitative estimate of drug-likeness (QED) is 0.378. The molecule has 27 heavy (non-hydrogen) atoms. The van der Waals surface area contributed by atoms with E-state index in [1.807, 2.05) is 13.0 Å². The molecule has 0 saturated heterocycles. The summed E-state index contributed by atoms with van der Waals surface area (Å²) in [4.78, 5) is 10.5. The molecule has 136 valence electrons. The van der Waals surface area contributed by atoms with Gasteiger partial charge in [0, 0.05) is 23.3 Å². The Kier molecular flexibility index (Phi) is 5.14. The molecule has 0 heterocycles. The van der Waals surface area contributed by atoms with Crippen molar-refractivity contribution in [3.05, 3.63) is 106 Å². The summed E-state index contributed by atoms with van der Waals surface area (Å²) in [6.07, 6.45) is 0. The van der Waals surface area contributed by atoms with Gasteiger partial charge in [-0.05, 0) is 31.2 Å². The Labute approximate surface area is 157 Å². The van der Waals surface area contributed by atoms with E-state index in [9.17, 15) is 18.5 Å². The average molecular weight is 380 g/mol. The van der Waals surface area contributed by atoms with E-state index in [0.717, 1.165) is 5.56 Å². The van der Waals surface area contributed by atoms with Gasteiger partial charge in [-0.2, -0.15) is 12.8 Å². The van der Waals surface area contributed by atoms with Gasteiger partial charge in [0.2, 0.25) is 0 Å². The Morgan fingerprint density at radius 2 is 1.41 bits per heavy atom. The van der Waals surface area contributed by atoms with Crippen LogP contribution in [-0.4, -0.2) is 19.1 Å². The molecule has 0 N–H and O–H groups in total. The highest BCUT2D eigenvalue weighted by atomic mass is 32.2. The van der Waals surface area contributed by atoms with Gasteiger partial charge in [-0.15, -0.1) is 0 Å². The summed E-state index contributed by atoms with van der Waals surface area (Å²) < 4.78 is 29.6. The van der Waals surface area contributed by atoms with Crippen molar-refractivity contribution in [1.29, 1.82) is 0 Å². The minimum Gasteiger partial charge on any atom is -0.258 e. The number of sulfonamides is 1. The summed E-state index contributed by atoms with van der Waals surface area (Å²) in [7, 11) is -3.94. The topological polar surface area (TPSA) is 89.6 Å². The van der Waals surface area contributed by atoms with Gasteiger partial charge in [-0.3, -0.25) is 10.1 Å².